The minimum absolute atomic E-state index is 0. The second-order valence-corrected chi connectivity index (χ2v) is 5.57. The molecule has 1 unspecified atom stereocenters. The summed E-state index contributed by atoms with van der Waals surface area (Å²) in [6, 6.07) is 10.5. The molecule has 1 aromatic heterocycles. The number of piperidine rings is 1. The fourth-order valence-electron chi connectivity index (χ4n) is 2.82. The van der Waals surface area contributed by atoms with Crippen LogP contribution in [0, 0.1) is 0 Å². The second-order valence-electron chi connectivity index (χ2n) is 5.57. The SMILES string of the molecule is COc1cccc(CNC2CCCN(c3ncccn3)C2)c1.Cl. The first-order valence-electron chi connectivity index (χ1n) is 7.73. The van der Waals surface area contributed by atoms with Crippen LogP contribution >= 0.6 is 12.4 Å². The number of nitrogens with zero attached hydrogens (tertiary/aromatic N) is 3. The Bertz CT molecular complexity index is 596. The van der Waals surface area contributed by atoms with Crippen LogP contribution in [0.1, 0.15) is 18.4 Å². The molecule has 3 rings (SSSR count). The molecule has 1 fully saturated rings. The third-order valence-corrected chi connectivity index (χ3v) is 3.99. The van der Waals surface area contributed by atoms with Gasteiger partial charge in [-0.15, -0.1) is 12.4 Å². The molecule has 2 aromatic rings. The number of nitrogens with one attached hydrogen (secondary N) is 1. The highest BCUT2D eigenvalue weighted by atomic mass is 35.5. The molecule has 1 aliphatic heterocycles. The van der Waals surface area contributed by atoms with Crippen molar-refractivity contribution in [1.82, 2.24) is 15.3 Å². The van der Waals surface area contributed by atoms with Crippen molar-refractivity contribution in [3.8, 4) is 5.75 Å². The second kappa shape index (κ2) is 8.70. The Morgan fingerprint density at radius 2 is 2.09 bits per heavy atom. The van der Waals surface area contributed by atoms with Crippen LogP contribution in [-0.2, 0) is 6.54 Å². The van der Waals surface area contributed by atoms with Crippen LogP contribution in [0.2, 0.25) is 0 Å². The van der Waals surface area contributed by atoms with Gasteiger partial charge in [0, 0.05) is 38.1 Å². The number of halogens is 1. The number of anilines is 1. The lowest BCUT2D eigenvalue weighted by Gasteiger charge is -2.33. The zero-order chi connectivity index (χ0) is 15.2. The van der Waals surface area contributed by atoms with E-state index in [1.54, 1.807) is 19.5 Å². The van der Waals surface area contributed by atoms with E-state index in [2.05, 4.69) is 32.3 Å². The van der Waals surface area contributed by atoms with Crippen molar-refractivity contribution in [3.63, 3.8) is 0 Å². The summed E-state index contributed by atoms with van der Waals surface area (Å²) in [5.74, 6) is 1.73. The molecular formula is C17H23ClN4O. The van der Waals surface area contributed by atoms with Crippen molar-refractivity contribution >= 4 is 18.4 Å². The van der Waals surface area contributed by atoms with Gasteiger partial charge in [-0.1, -0.05) is 12.1 Å². The first-order chi connectivity index (χ1) is 10.8. The van der Waals surface area contributed by atoms with Gasteiger partial charge in [0.2, 0.25) is 5.95 Å². The molecule has 6 heteroatoms. The Labute approximate surface area is 143 Å². The van der Waals surface area contributed by atoms with Gasteiger partial charge in [0.15, 0.2) is 0 Å². The summed E-state index contributed by atoms with van der Waals surface area (Å²) in [6.45, 7) is 2.83. The number of ether oxygens (including phenoxy) is 1. The summed E-state index contributed by atoms with van der Waals surface area (Å²) in [5, 5.41) is 3.64. The molecular weight excluding hydrogens is 312 g/mol. The normalized spacial score (nSPS) is 17.4. The minimum Gasteiger partial charge on any atom is -0.497 e. The van der Waals surface area contributed by atoms with E-state index in [1.165, 1.54) is 12.0 Å². The lowest BCUT2D eigenvalue weighted by Crippen LogP contribution is -2.46. The molecule has 124 valence electrons. The summed E-state index contributed by atoms with van der Waals surface area (Å²) in [5.41, 5.74) is 1.24. The molecule has 5 nitrogen and oxygen atoms in total. The van der Waals surface area contributed by atoms with Crippen molar-refractivity contribution in [2.75, 3.05) is 25.1 Å². The van der Waals surface area contributed by atoms with Crippen molar-refractivity contribution in [2.24, 2.45) is 0 Å². The molecule has 0 spiro atoms. The highest BCUT2D eigenvalue weighted by Crippen LogP contribution is 2.17. The summed E-state index contributed by atoms with van der Waals surface area (Å²) in [6.07, 6.45) is 5.95. The quantitative estimate of drug-likeness (QED) is 0.911. The van der Waals surface area contributed by atoms with Gasteiger partial charge in [-0.25, -0.2) is 9.97 Å². The largest absolute Gasteiger partial charge is 0.497 e. The molecule has 23 heavy (non-hydrogen) atoms. The lowest BCUT2D eigenvalue weighted by atomic mass is 10.1. The average Bonchev–Trinajstić information content (AvgIpc) is 2.61. The third-order valence-electron chi connectivity index (χ3n) is 3.99. The predicted octanol–water partition coefficient (Wildman–Crippen LogP) is 2.67. The fourth-order valence-corrected chi connectivity index (χ4v) is 2.82. The van der Waals surface area contributed by atoms with E-state index in [4.69, 9.17) is 4.74 Å². The maximum absolute atomic E-state index is 5.27. The van der Waals surface area contributed by atoms with Gasteiger partial charge in [0.05, 0.1) is 7.11 Å². The van der Waals surface area contributed by atoms with E-state index in [1.807, 2.05) is 18.2 Å². The molecule has 2 heterocycles. The van der Waals surface area contributed by atoms with Gasteiger partial charge in [-0.05, 0) is 36.6 Å². The van der Waals surface area contributed by atoms with Crippen LogP contribution < -0.4 is 15.0 Å². The van der Waals surface area contributed by atoms with Gasteiger partial charge in [-0.3, -0.25) is 0 Å². The first kappa shape index (κ1) is 17.5. The number of rotatable bonds is 5. The monoisotopic (exact) mass is 334 g/mol. The summed E-state index contributed by atoms with van der Waals surface area (Å²) < 4.78 is 5.27. The highest BCUT2D eigenvalue weighted by molar-refractivity contribution is 5.85. The standard InChI is InChI=1S/C17H22N4O.ClH/c1-22-16-7-2-5-14(11-16)12-20-15-6-3-10-21(13-15)17-18-8-4-9-19-17;/h2,4-5,7-9,11,15,20H,3,6,10,12-13H2,1H3;1H. The molecule has 0 amide bonds. The number of hydrogen-bond acceptors (Lipinski definition) is 5. The number of aromatic nitrogens is 2. The average molecular weight is 335 g/mol. The zero-order valence-corrected chi connectivity index (χ0v) is 14.1. The van der Waals surface area contributed by atoms with Gasteiger partial charge >= 0.3 is 0 Å². The molecule has 0 aliphatic carbocycles. The van der Waals surface area contributed by atoms with E-state index >= 15 is 0 Å². The van der Waals surface area contributed by atoms with Crippen LogP contribution in [0.4, 0.5) is 5.95 Å². The Morgan fingerprint density at radius 1 is 1.26 bits per heavy atom. The molecule has 1 aliphatic rings. The third kappa shape index (κ3) is 4.81. The van der Waals surface area contributed by atoms with Gasteiger partial charge in [-0.2, -0.15) is 0 Å². The van der Waals surface area contributed by atoms with E-state index in [0.717, 1.165) is 37.8 Å². The lowest BCUT2D eigenvalue weighted by molar-refractivity contribution is 0.409. The van der Waals surface area contributed by atoms with Crippen molar-refractivity contribution < 1.29 is 4.74 Å². The molecule has 1 atom stereocenters. The van der Waals surface area contributed by atoms with Crippen LogP contribution in [-0.4, -0.2) is 36.2 Å². The zero-order valence-electron chi connectivity index (χ0n) is 13.3. The Morgan fingerprint density at radius 3 is 2.87 bits per heavy atom. The van der Waals surface area contributed by atoms with Gasteiger partial charge in [0.1, 0.15) is 5.75 Å². The molecule has 1 saturated heterocycles. The Kier molecular flexibility index (Phi) is 6.62. The first-order valence-corrected chi connectivity index (χ1v) is 7.73. The topological polar surface area (TPSA) is 50.3 Å². The highest BCUT2D eigenvalue weighted by Gasteiger charge is 2.21. The summed E-state index contributed by atoms with van der Waals surface area (Å²) in [7, 11) is 1.70. The van der Waals surface area contributed by atoms with Crippen LogP contribution in [0.15, 0.2) is 42.7 Å². The number of benzene rings is 1. The Balaban J connectivity index is 0.00000192. The molecule has 0 radical (unpaired) electrons. The maximum atomic E-state index is 5.27. The number of methoxy groups -OCH3 is 1. The molecule has 0 bridgehead atoms. The molecule has 0 saturated carbocycles. The minimum atomic E-state index is 0. The van der Waals surface area contributed by atoms with Crippen LogP contribution in [0.5, 0.6) is 5.75 Å². The van der Waals surface area contributed by atoms with Gasteiger partial charge in [0.25, 0.3) is 0 Å². The van der Waals surface area contributed by atoms with Gasteiger partial charge < -0.3 is 15.0 Å². The van der Waals surface area contributed by atoms with Crippen LogP contribution in [0.25, 0.3) is 0 Å². The molecule has 1 N–H and O–H groups in total. The van der Waals surface area contributed by atoms with E-state index < -0.39 is 0 Å². The predicted molar refractivity (Wildman–Crippen MR) is 94.3 cm³/mol. The summed E-state index contributed by atoms with van der Waals surface area (Å²) >= 11 is 0. The maximum Gasteiger partial charge on any atom is 0.225 e. The van der Waals surface area contributed by atoms with E-state index in [-0.39, 0.29) is 12.4 Å². The van der Waals surface area contributed by atoms with E-state index in [9.17, 15) is 0 Å². The fraction of sp³-hybridized carbons (Fsp3) is 0.412. The Hall–Kier alpha value is -1.85. The van der Waals surface area contributed by atoms with Crippen molar-refractivity contribution in [3.05, 3.63) is 48.3 Å². The van der Waals surface area contributed by atoms with E-state index in [0.29, 0.717) is 6.04 Å². The molecule has 1 aromatic carbocycles. The summed E-state index contributed by atoms with van der Waals surface area (Å²) in [4.78, 5) is 11.0. The number of hydrogen-bond donors (Lipinski definition) is 1. The van der Waals surface area contributed by atoms with Crippen LogP contribution in [0.3, 0.4) is 0 Å². The van der Waals surface area contributed by atoms with Crippen molar-refractivity contribution in [2.45, 2.75) is 25.4 Å². The van der Waals surface area contributed by atoms with Crippen molar-refractivity contribution in [1.29, 1.82) is 0 Å². The smallest absolute Gasteiger partial charge is 0.225 e.